The third-order valence-corrected chi connectivity index (χ3v) is 6.03. The molecule has 1 unspecified atom stereocenters. The standard InChI is InChI=1S/C18H33NO/c1-15(2)12-17(7-3-4-8-17)14-19-16-6-11-20-18(13-16)9-5-10-18/h15-16,19H,3-14H2,1-2H3. The highest BCUT2D eigenvalue weighted by Crippen LogP contribution is 2.44. The van der Waals surface area contributed by atoms with Gasteiger partial charge < -0.3 is 10.1 Å². The van der Waals surface area contributed by atoms with Crippen molar-refractivity contribution < 1.29 is 4.74 Å². The molecule has 0 aromatic rings. The molecule has 0 aromatic heterocycles. The van der Waals surface area contributed by atoms with E-state index >= 15 is 0 Å². The smallest absolute Gasteiger partial charge is 0.0697 e. The first-order valence-corrected chi connectivity index (χ1v) is 8.99. The molecule has 0 radical (unpaired) electrons. The van der Waals surface area contributed by atoms with Crippen LogP contribution < -0.4 is 5.32 Å². The molecule has 2 nitrogen and oxygen atoms in total. The average molecular weight is 279 g/mol. The summed E-state index contributed by atoms with van der Waals surface area (Å²) in [5.41, 5.74) is 0.899. The fourth-order valence-corrected chi connectivity index (χ4v) is 4.93. The van der Waals surface area contributed by atoms with Crippen LogP contribution in [0, 0.1) is 11.3 Å². The molecule has 2 saturated carbocycles. The monoisotopic (exact) mass is 279 g/mol. The Kier molecular flexibility index (Phi) is 4.42. The first kappa shape index (κ1) is 14.8. The second kappa shape index (κ2) is 5.96. The predicted octanol–water partition coefficient (Wildman–Crippen LogP) is 4.28. The lowest BCUT2D eigenvalue weighted by Gasteiger charge is -2.48. The van der Waals surface area contributed by atoms with E-state index < -0.39 is 0 Å². The third kappa shape index (κ3) is 3.22. The molecule has 0 bridgehead atoms. The molecule has 116 valence electrons. The van der Waals surface area contributed by atoms with Crippen molar-refractivity contribution in [1.29, 1.82) is 0 Å². The lowest BCUT2D eigenvalue weighted by Crippen LogP contribution is -2.52. The zero-order chi connectivity index (χ0) is 14.1. The summed E-state index contributed by atoms with van der Waals surface area (Å²) in [5.74, 6) is 0.836. The Morgan fingerprint density at radius 3 is 2.45 bits per heavy atom. The maximum atomic E-state index is 6.05. The van der Waals surface area contributed by atoms with Crippen LogP contribution in [-0.2, 0) is 4.74 Å². The highest BCUT2D eigenvalue weighted by Gasteiger charge is 2.43. The van der Waals surface area contributed by atoms with Gasteiger partial charge in [-0.1, -0.05) is 26.7 Å². The maximum Gasteiger partial charge on any atom is 0.0697 e. The van der Waals surface area contributed by atoms with Gasteiger partial charge in [-0.15, -0.1) is 0 Å². The Morgan fingerprint density at radius 1 is 1.10 bits per heavy atom. The Balaban J connectivity index is 1.52. The Labute approximate surface area is 125 Å². The number of hydrogen-bond donors (Lipinski definition) is 1. The average Bonchev–Trinajstić information content (AvgIpc) is 2.83. The Bertz CT molecular complexity index is 315. The molecule has 3 aliphatic rings. The summed E-state index contributed by atoms with van der Waals surface area (Å²) in [5, 5.41) is 3.95. The molecule has 0 aromatic carbocycles. The van der Waals surface area contributed by atoms with Gasteiger partial charge in [0.15, 0.2) is 0 Å². The van der Waals surface area contributed by atoms with Crippen molar-refractivity contribution in [2.75, 3.05) is 13.2 Å². The highest BCUT2D eigenvalue weighted by atomic mass is 16.5. The van der Waals surface area contributed by atoms with E-state index in [9.17, 15) is 0 Å². The third-order valence-electron chi connectivity index (χ3n) is 6.03. The van der Waals surface area contributed by atoms with Gasteiger partial charge in [0.25, 0.3) is 0 Å². The van der Waals surface area contributed by atoms with E-state index in [0.717, 1.165) is 12.5 Å². The second-order valence-electron chi connectivity index (χ2n) is 8.26. The topological polar surface area (TPSA) is 21.3 Å². The summed E-state index contributed by atoms with van der Waals surface area (Å²) < 4.78 is 6.05. The van der Waals surface area contributed by atoms with Crippen LogP contribution in [0.5, 0.6) is 0 Å². The molecule has 1 heterocycles. The lowest BCUT2D eigenvalue weighted by atomic mass is 9.73. The van der Waals surface area contributed by atoms with Crippen molar-refractivity contribution in [3.8, 4) is 0 Å². The maximum absolute atomic E-state index is 6.05. The normalized spacial score (nSPS) is 31.6. The first-order valence-electron chi connectivity index (χ1n) is 8.99. The van der Waals surface area contributed by atoms with Gasteiger partial charge in [-0.2, -0.15) is 0 Å². The summed E-state index contributed by atoms with van der Waals surface area (Å²) in [6, 6.07) is 0.716. The quantitative estimate of drug-likeness (QED) is 0.811. The summed E-state index contributed by atoms with van der Waals surface area (Å²) in [4.78, 5) is 0. The van der Waals surface area contributed by atoms with E-state index in [-0.39, 0.29) is 5.60 Å². The van der Waals surface area contributed by atoms with Gasteiger partial charge in [-0.25, -0.2) is 0 Å². The summed E-state index contributed by atoms with van der Waals surface area (Å²) in [6.07, 6.45) is 13.7. The zero-order valence-electron chi connectivity index (χ0n) is 13.5. The zero-order valence-corrected chi connectivity index (χ0v) is 13.5. The van der Waals surface area contributed by atoms with Crippen LogP contribution in [0.3, 0.4) is 0 Å². The minimum Gasteiger partial charge on any atom is -0.375 e. The molecular formula is C18H33NO. The molecular weight excluding hydrogens is 246 g/mol. The number of ether oxygens (including phenoxy) is 1. The molecule has 1 N–H and O–H groups in total. The lowest BCUT2D eigenvalue weighted by molar-refractivity contribution is -0.136. The van der Waals surface area contributed by atoms with Crippen LogP contribution in [0.2, 0.25) is 0 Å². The van der Waals surface area contributed by atoms with Crippen molar-refractivity contribution >= 4 is 0 Å². The summed E-state index contributed by atoms with van der Waals surface area (Å²) >= 11 is 0. The van der Waals surface area contributed by atoms with Crippen LogP contribution in [0.15, 0.2) is 0 Å². The molecule has 1 saturated heterocycles. The minimum atomic E-state index is 0.288. The molecule has 1 aliphatic heterocycles. The Morgan fingerprint density at radius 2 is 1.85 bits per heavy atom. The molecule has 0 amide bonds. The van der Waals surface area contributed by atoms with Gasteiger partial charge in [0.2, 0.25) is 0 Å². The predicted molar refractivity (Wildman–Crippen MR) is 83.9 cm³/mol. The van der Waals surface area contributed by atoms with Crippen LogP contribution in [0.1, 0.15) is 78.1 Å². The van der Waals surface area contributed by atoms with Gasteiger partial charge in [0.1, 0.15) is 0 Å². The molecule has 20 heavy (non-hydrogen) atoms. The fourth-order valence-electron chi connectivity index (χ4n) is 4.93. The van der Waals surface area contributed by atoms with E-state index in [1.807, 2.05) is 0 Å². The Hall–Kier alpha value is -0.0800. The highest BCUT2D eigenvalue weighted by molar-refractivity contribution is 4.97. The van der Waals surface area contributed by atoms with Gasteiger partial charge in [-0.3, -0.25) is 0 Å². The van der Waals surface area contributed by atoms with E-state index in [1.54, 1.807) is 0 Å². The van der Waals surface area contributed by atoms with Crippen LogP contribution in [0.25, 0.3) is 0 Å². The van der Waals surface area contributed by atoms with Crippen LogP contribution >= 0.6 is 0 Å². The summed E-state index contributed by atoms with van der Waals surface area (Å²) in [7, 11) is 0. The largest absolute Gasteiger partial charge is 0.375 e. The van der Waals surface area contributed by atoms with Gasteiger partial charge >= 0.3 is 0 Å². The van der Waals surface area contributed by atoms with Gasteiger partial charge in [-0.05, 0) is 62.7 Å². The molecule has 3 fully saturated rings. The molecule has 2 aliphatic carbocycles. The van der Waals surface area contributed by atoms with Crippen molar-refractivity contribution in [1.82, 2.24) is 5.32 Å². The van der Waals surface area contributed by atoms with Gasteiger partial charge in [0.05, 0.1) is 5.60 Å². The van der Waals surface area contributed by atoms with Gasteiger partial charge in [0, 0.05) is 19.2 Å². The van der Waals surface area contributed by atoms with E-state index in [4.69, 9.17) is 4.74 Å². The van der Waals surface area contributed by atoms with E-state index in [1.165, 1.54) is 70.8 Å². The van der Waals surface area contributed by atoms with Crippen LogP contribution in [-0.4, -0.2) is 24.8 Å². The minimum absolute atomic E-state index is 0.288. The SMILES string of the molecule is CC(C)CC1(CNC2CCOC3(CCC3)C2)CCCC1. The number of hydrogen-bond acceptors (Lipinski definition) is 2. The molecule has 1 atom stereocenters. The molecule has 3 rings (SSSR count). The van der Waals surface area contributed by atoms with Crippen molar-refractivity contribution in [2.24, 2.45) is 11.3 Å². The molecule has 2 heteroatoms. The number of rotatable bonds is 5. The van der Waals surface area contributed by atoms with E-state index in [2.05, 4.69) is 19.2 Å². The van der Waals surface area contributed by atoms with Crippen molar-refractivity contribution in [3.63, 3.8) is 0 Å². The van der Waals surface area contributed by atoms with Crippen LogP contribution in [0.4, 0.5) is 0 Å². The van der Waals surface area contributed by atoms with Crippen molar-refractivity contribution in [2.45, 2.75) is 89.7 Å². The number of nitrogens with one attached hydrogen (secondary N) is 1. The fraction of sp³-hybridized carbons (Fsp3) is 1.00. The second-order valence-corrected chi connectivity index (χ2v) is 8.26. The first-order chi connectivity index (χ1) is 9.62. The van der Waals surface area contributed by atoms with E-state index in [0.29, 0.717) is 11.5 Å². The van der Waals surface area contributed by atoms with Crippen molar-refractivity contribution in [3.05, 3.63) is 0 Å². The summed E-state index contributed by atoms with van der Waals surface area (Å²) in [6.45, 7) is 7.01. The molecule has 1 spiro atoms.